The highest BCUT2D eigenvalue weighted by Gasteiger charge is 2.37. The molecule has 4 rings (SSSR count). The Kier molecular flexibility index (Phi) is 7.39. The molecule has 0 saturated carbocycles. The van der Waals surface area contributed by atoms with Gasteiger partial charge in [-0.2, -0.15) is 18.3 Å². The zero-order chi connectivity index (χ0) is 26.2. The van der Waals surface area contributed by atoms with Crippen molar-refractivity contribution in [3.05, 3.63) is 56.8 Å². The molecule has 3 aromatic rings. The third kappa shape index (κ3) is 5.25. The van der Waals surface area contributed by atoms with Gasteiger partial charge in [0.05, 0.1) is 16.7 Å². The minimum atomic E-state index is -4.80. The molecule has 8 nitrogen and oxygen atoms in total. The summed E-state index contributed by atoms with van der Waals surface area (Å²) < 4.78 is 46.7. The number of carbonyl (C=O) groups is 2. The second-order valence-electron chi connectivity index (χ2n) is 8.52. The zero-order valence-corrected chi connectivity index (χ0v) is 21.1. The molecule has 0 fully saturated rings. The molecule has 0 spiro atoms. The molecule has 0 aromatic carbocycles. The largest absolute Gasteiger partial charge is 0.435 e. The number of nitrogens with one attached hydrogen (secondary N) is 2. The average molecular weight is 542 g/mol. The van der Waals surface area contributed by atoms with Gasteiger partial charge in [0.15, 0.2) is 11.5 Å². The zero-order valence-electron chi connectivity index (χ0n) is 19.6. The molecular formula is C23H23ClF3N5O3S. The van der Waals surface area contributed by atoms with Gasteiger partial charge in [-0.05, 0) is 44.4 Å². The van der Waals surface area contributed by atoms with Crippen LogP contribution in [-0.2, 0) is 23.8 Å². The first kappa shape index (κ1) is 26.1. The van der Waals surface area contributed by atoms with Crippen molar-refractivity contribution in [2.45, 2.75) is 51.4 Å². The molecule has 13 heteroatoms. The summed E-state index contributed by atoms with van der Waals surface area (Å²) in [4.78, 5) is 31.3. The summed E-state index contributed by atoms with van der Waals surface area (Å²) in [5.41, 5.74) is -0.594. The van der Waals surface area contributed by atoms with E-state index >= 15 is 0 Å². The standard InChI is InChI=1S/C23H23ClF3N5O3S/c1-11(2)29-21(34)18-13-7-6-12(35-3)9-16(13)36-22(18)30-20(33)15-10-17(23(25,26)27)31-32(15)19-14(24)5-4-8-28-19/h4-5,8,10-12H,6-7,9H2,1-3H3,(H,29,34)(H,30,33). The van der Waals surface area contributed by atoms with Gasteiger partial charge in [0.1, 0.15) is 10.7 Å². The summed E-state index contributed by atoms with van der Waals surface area (Å²) in [6, 6.07) is 3.40. The Balaban J connectivity index is 1.77. The number of alkyl halides is 3. The van der Waals surface area contributed by atoms with Crippen molar-refractivity contribution < 1.29 is 27.5 Å². The van der Waals surface area contributed by atoms with Gasteiger partial charge in [-0.25, -0.2) is 9.67 Å². The lowest BCUT2D eigenvalue weighted by atomic mass is 9.93. The van der Waals surface area contributed by atoms with E-state index in [4.69, 9.17) is 16.3 Å². The molecule has 0 saturated heterocycles. The number of anilines is 1. The third-order valence-electron chi connectivity index (χ3n) is 5.60. The lowest BCUT2D eigenvalue weighted by Gasteiger charge is -2.21. The van der Waals surface area contributed by atoms with Crippen LogP contribution in [0.3, 0.4) is 0 Å². The number of pyridine rings is 1. The number of hydrogen-bond acceptors (Lipinski definition) is 6. The van der Waals surface area contributed by atoms with Gasteiger partial charge in [-0.15, -0.1) is 11.3 Å². The smallest absolute Gasteiger partial charge is 0.381 e. The van der Waals surface area contributed by atoms with Crippen LogP contribution in [-0.4, -0.2) is 45.8 Å². The van der Waals surface area contributed by atoms with E-state index in [-0.39, 0.29) is 33.9 Å². The van der Waals surface area contributed by atoms with Crippen LogP contribution in [0.15, 0.2) is 24.4 Å². The summed E-state index contributed by atoms with van der Waals surface area (Å²) in [7, 11) is 1.61. The van der Waals surface area contributed by atoms with Gasteiger partial charge in [-0.3, -0.25) is 9.59 Å². The van der Waals surface area contributed by atoms with Crippen LogP contribution in [0.1, 0.15) is 57.2 Å². The molecule has 3 aromatic heterocycles. The van der Waals surface area contributed by atoms with Crippen molar-refractivity contribution in [3.63, 3.8) is 0 Å². The monoisotopic (exact) mass is 541 g/mol. The molecule has 36 heavy (non-hydrogen) atoms. The highest BCUT2D eigenvalue weighted by atomic mass is 35.5. The molecule has 1 aliphatic rings. The van der Waals surface area contributed by atoms with E-state index in [1.165, 1.54) is 29.7 Å². The summed E-state index contributed by atoms with van der Waals surface area (Å²) in [5, 5.41) is 9.28. The normalized spacial score (nSPS) is 15.6. The van der Waals surface area contributed by atoms with Crippen LogP contribution in [0.5, 0.6) is 0 Å². The number of halogens is 4. The van der Waals surface area contributed by atoms with Gasteiger partial charge >= 0.3 is 6.18 Å². The molecule has 1 atom stereocenters. The number of amides is 2. The molecule has 3 heterocycles. The molecule has 192 valence electrons. The molecule has 0 radical (unpaired) electrons. The van der Waals surface area contributed by atoms with Crippen LogP contribution in [0.25, 0.3) is 5.82 Å². The molecule has 2 N–H and O–H groups in total. The number of hydrogen-bond donors (Lipinski definition) is 2. The quantitative estimate of drug-likeness (QED) is 0.463. The number of carbonyl (C=O) groups excluding carboxylic acids is 2. The van der Waals surface area contributed by atoms with Crippen molar-refractivity contribution in [2.24, 2.45) is 0 Å². The Morgan fingerprint density at radius 3 is 2.69 bits per heavy atom. The van der Waals surface area contributed by atoms with Crippen LogP contribution in [0, 0.1) is 0 Å². The van der Waals surface area contributed by atoms with Gasteiger partial charge in [0, 0.05) is 36.7 Å². The lowest BCUT2D eigenvalue weighted by molar-refractivity contribution is -0.141. The topological polar surface area (TPSA) is 98.1 Å². The summed E-state index contributed by atoms with van der Waals surface area (Å²) >= 11 is 7.34. The number of ether oxygens (including phenoxy) is 1. The van der Waals surface area contributed by atoms with Gasteiger partial charge in [-0.1, -0.05) is 11.6 Å². The summed E-state index contributed by atoms with van der Waals surface area (Å²) in [6.45, 7) is 3.62. The second kappa shape index (κ2) is 10.2. The summed E-state index contributed by atoms with van der Waals surface area (Å²) in [5.74, 6) is -1.39. The van der Waals surface area contributed by atoms with Crippen LogP contribution in [0.2, 0.25) is 5.02 Å². The van der Waals surface area contributed by atoms with Crippen LogP contribution in [0.4, 0.5) is 18.2 Å². The number of methoxy groups -OCH3 is 1. The lowest BCUT2D eigenvalue weighted by Crippen LogP contribution is -2.32. The minimum absolute atomic E-state index is 0.0116. The number of rotatable bonds is 6. The number of aromatic nitrogens is 3. The third-order valence-corrected chi connectivity index (χ3v) is 7.06. The second-order valence-corrected chi connectivity index (χ2v) is 10.0. The van der Waals surface area contributed by atoms with Crippen molar-refractivity contribution in [1.29, 1.82) is 0 Å². The number of thiophene rings is 1. The van der Waals surface area contributed by atoms with Crippen molar-refractivity contribution in [1.82, 2.24) is 20.1 Å². The molecule has 2 amide bonds. The highest BCUT2D eigenvalue weighted by molar-refractivity contribution is 7.17. The maximum absolute atomic E-state index is 13.5. The average Bonchev–Trinajstić information content (AvgIpc) is 3.40. The highest BCUT2D eigenvalue weighted by Crippen LogP contribution is 2.39. The van der Waals surface area contributed by atoms with Crippen molar-refractivity contribution in [2.75, 3.05) is 12.4 Å². The fourth-order valence-corrected chi connectivity index (χ4v) is 5.47. The number of fused-ring (bicyclic) bond motifs is 1. The van der Waals surface area contributed by atoms with E-state index in [2.05, 4.69) is 20.7 Å². The van der Waals surface area contributed by atoms with E-state index in [1.807, 2.05) is 13.8 Å². The van der Waals surface area contributed by atoms with E-state index in [9.17, 15) is 22.8 Å². The number of nitrogens with zero attached hydrogens (tertiary/aromatic N) is 3. The van der Waals surface area contributed by atoms with E-state index < -0.39 is 23.5 Å². The van der Waals surface area contributed by atoms with Gasteiger partial charge in [0.2, 0.25) is 0 Å². The van der Waals surface area contributed by atoms with Crippen LogP contribution < -0.4 is 10.6 Å². The van der Waals surface area contributed by atoms with E-state index in [0.29, 0.717) is 30.9 Å². The molecular weight excluding hydrogens is 519 g/mol. The van der Waals surface area contributed by atoms with Crippen LogP contribution >= 0.6 is 22.9 Å². The maximum Gasteiger partial charge on any atom is 0.435 e. The molecule has 0 bridgehead atoms. The first-order valence-electron chi connectivity index (χ1n) is 11.1. The van der Waals surface area contributed by atoms with E-state index in [0.717, 1.165) is 15.1 Å². The minimum Gasteiger partial charge on any atom is -0.381 e. The molecule has 1 unspecified atom stereocenters. The Bertz CT molecular complexity index is 1300. The Morgan fingerprint density at radius 1 is 1.31 bits per heavy atom. The summed E-state index contributed by atoms with van der Waals surface area (Å²) in [6.07, 6.45) is -1.67. The van der Waals surface area contributed by atoms with Crippen molar-refractivity contribution >= 4 is 39.8 Å². The first-order chi connectivity index (χ1) is 17.0. The molecule has 1 aliphatic carbocycles. The predicted octanol–water partition coefficient (Wildman–Crippen LogP) is 4.90. The SMILES string of the molecule is COC1CCc2c(sc(NC(=O)c3cc(C(F)(F)F)nn3-c3ncccc3Cl)c2C(=O)NC(C)C)C1. The Morgan fingerprint density at radius 2 is 2.06 bits per heavy atom. The van der Waals surface area contributed by atoms with Gasteiger partial charge < -0.3 is 15.4 Å². The fourth-order valence-electron chi connectivity index (χ4n) is 3.96. The van der Waals surface area contributed by atoms with Gasteiger partial charge in [0.25, 0.3) is 11.8 Å². The Labute approximate surface area is 213 Å². The first-order valence-corrected chi connectivity index (χ1v) is 12.3. The van der Waals surface area contributed by atoms with E-state index in [1.54, 1.807) is 7.11 Å². The maximum atomic E-state index is 13.5. The predicted molar refractivity (Wildman–Crippen MR) is 129 cm³/mol. The molecule has 0 aliphatic heterocycles. The Hall–Kier alpha value is -2.96. The fraction of sp³-hybridized carbons (Fsp3) is 0.391. The van der Waals surface area contributed by atoms with Crippen molar-refractivity contribution in [3.8, 4) is 5.82 Å².